The lowest BCUT2D eigenvalue weighted by atomic mass is 9.96. The summed E-state index contributed by atoms with van der Waals surface area (Å²) in [6.07, 6.45) is 9.71. The first-order chi connectivity index (χ1) is 12.5. The van der Waals surface area contributed by atoms with E-state index in [1.165, 1.54) is 32.1 Å². The van der Waals surface area contributed by atoms with E-state index in [4.69, 9.17) is 0 Å². The van der Waals surface area contributed by atoms with Gasteiger partial charge in [0.05, 0.1) is 5.69 Å². The van der Waals surface area contributed by atoms with E-state index in [1.807, 2.05) is 0 Å². The molecular formula is C19H27N3O3S. The molecule has 1 fully saturated rings. The maximum absolute atomic E-state index is 12.2. The van der Waals surface area contributed by atoms with Crippen LogP contribution in [0.4, 0.5) is 5.69 Å². The van der Waals surface area contributed by atoms with Crippen molar-refractivity contribution in [3.05, 3.63) is 24.3 Å². The zero-order valence-electron chi connectivity index (χ0n) is 15.0. The summed E-state index contributed by atoms with van der Waals surface area (Å²) in [5.74, 6) is 0.456. The third-order valence-electron chi connectivity index (χ3n) is 4.96. The van der Waals surface area contributed by atoms with Crippen LogP contribution in [0.25, 0.3) is 0 Å². The second-order valence-corrected chi connectivity index (χ2v) is 8.67. The van der Waals surface area contributed by atoms with Crippen molar-refractivity contribution in [2.24, 2.45) is 4.40 Å². The topological polar surface area (TPSA) is 87.6 Å². The van der Waals surface area contributed by atoms with Crippen LogP contribution in [0.3, 0.4) is 0 Å². The maximum Gasteiger partial charge on any atom is 0.286 e. The van der Waals surface area contributed by atoms with Gasteiger partial charge in [-0.1, -0.05) is 44.2 Å². The number of rotatable bonds is 5. The molecule has 1 saturated carbocycles. The predicted octanol–water partition coefficient (Wildman–Crippen LogP) is 3.60. The average Bonchev–Trinajstić information content (AvgIpc) is 2.57. The zero-order valence-corrected chi connectivity index (χ0v) is 15.9. The summed E-state index contributed by atoms with van der Waals surface area (Å²) in [5.41, 5.74) is 0.552. The van der Waals surface area contributed by atoms with Crippen LogP contribution in [0.15, 0.2) is 33.6 Å². The Labute approximate surface area is 155 Å². The molecule has 0 spiro atoms. The van der Waals surface area contributed by atoms with Crippen LogP contribution in [0.2, 0.25) is 0 Å². The summed E-state index contributed by atoms with van der Waals surface area (Å²) in [5, 5.41) is 6.20. The highest BCUT2D eigenvalue weighted by Gasteiger charge is 2.24. The molecule has 1 aromatic rings. The van der Waals surface area contributed by atoms with Gasteiger partial charge in [0.2, 0.25) is 5.91 Å². The molecule has 0 radical (unpaired) electrons. The van der Waals surface area contributed by atoms with Gasteiger partial charge >= 0.3 is 0 Å². The molecule has 0 aromatic heterocycles. The number of para-hydroxylation sites is 1. The number of nitrogens with one attached hydrogen (secondary N) is 2. The summed E-state index contributed by atoms with van der Waals surface area (Å²) in [6.45, 7) is 0. The minimum Gasteiger partial charge on any atom is -0.353 e. The van der Waals surface area contributed by atoms with Gasteiger partial charge in [-0.3, -0.25) is 4.79 Å². The van der Waals surface area contributed by atoms with Gasteiger partial charge in [0.15, 0.2) is 0 Å². The molecule has 6 nitrogen and oxygen atoms in total. The van der Waals surface area contributed by atoms with Gasteiger partial charge in [-0.2, -0.15) is 8.42 Å². The Hall–Kier alpha value is -1.89. The molecule has 3 rings (SSSR count). The number of anilines is 1. The van der Waals surface area contributed by atoms with Crippen LogP contribution in [-0.4, -0.2) is 26.2 Å². The van der Waals surface area contributed by atoms with Crippen LogP contribution in [-0.2, 0) is 14.8 Å². The first-order valence-electron chi connectivity index (χ1n) is 9.54. The monoisotopic (exact) mass is 377 g/mol. The average molecular weight is 378 g/mol. The molecule has 1 aliphatic heterocycles. The number of sulfonamides is 1. The fourth-order valence-corrected chi connectivity index (χ4v) is 4.77. The molecule has 0 saturated heterocycles. The smallest absolute Gasteiger partial charge is 0.286 e. The molecule has 2 N–H and O–H groups in total. The van der Waals surface area contributed by atoms with Crippen molar-refractivity contribution in [3.63, 3.8) is 0 Å². The van der Waals surface area contributed by atoms with Gasteiger partial charge in [0, 0.05) is 18.9 Å². The van der Waals surface area contributed by atoms with Crippen LogP contribution >= 0.6 is 0 Å². The van der Waals surface area contributed by atoms with E-state index in [9.17, 15) is 13.2 Å². The van der Waals surface area contributed by atoms with Crippen molar-refractivity contribution >= 4 is 27.5 Å². The largest absolute Gasteiger partial charge is 0.353 e. The van der Waals surface area contributed by atoms with Crippen LogP contribution in [0.1, 0.15) is 64.2 Å². The second kappa shape index (κ2) is 8.66. The quantitative estimate of drug-likeness (QED) is 0.821. The Morgan fingerprint density at radius 1 is 1.12 bits per heavy atom. The van der Waals surface area contributed by atoms with Crippen LogP contribution < -0.4 is 10.6 Å². The van der Waals surface area contributed by atoms with E-state index in [0.29, 0.717) is 36.8 Å². The van der Waals surface area contributed by atoms with E-state index in [2.05, 4.69) is 15.0 Å². The summed E-state index contributed by atoms with van der Waals surface area (Å²) in [7, 11) is -3.65. The third kappa shape index (κ3) is 5.06. The highest BCUT2D eigenvalue weighted by atomic mass is 32.2. The first kappa shape index (κ1) is 18.9. The Balaban J connectivity index is 1.47. The van der Waals surface area contributed by atoms with E-state index in [1.54, 1.807) is 24.3 Å². The molecule has 26 heavy (non-hydrogen) atoms. The molecule has 1 heterocycles. The minimum atomic E-state index is -3.65. The third-order valence-corrected chi connectivity index (χ3v) is 6.33. The zero-order chi connectivity index (χ0) is 18.4. The molecule has 0 unspecified atom stereocenters. The van der Waals surface area contributed by atoms with Gasteiger partial charge in [-0.25, -0.2) is 0 Å². The lowest BCUT2D eigenvalue weighted by Crippen LogP contribution is -2.35. The van der Waals surface area contributed by atoms with Crippen molar-refractivity contribution in [1.82, 2.24) is 5.32 Å². The molecular weight excluding hydrogens is 350 g/mol. The van der Waals surface area contributed by atoms with Crippen molar-refractivity contribution in [2.75, 3.05) is 5.32 Å². The lowest BCUT2D eigenvalue weighted by molar-refractivity contribution is -0.122. The SMILES string of the molecule is O=C(CCCC1=NS(=O)(=O)c2ccccc2N1)NC1CCCCCCC1. The van der Waals surface area contributed by atoms with Crippen molar-refractivity contribution < 1.29 is 13.2 Å². The van der Waals surface area contributed by atoms with Crippen molar-refractivity contribution in [1.29, 1.82) is 0 Å². The predicted molar refractivity (Wildman–Crippen MR) is 103 cm³/mol. The summed E-state index contributed by atoms with van der Waals surface area (Å²) in [6, 6.07) is 7.02. The summed E-state index contributed by atoms with van der Waals surface area (Å²) in [4.78, 5) is 12.4. The number of nitrogens with zero attached hydrogens (tertiary/aromatic N) is 1. The Morgan fingerprint density at radius 3 is 2.58 bits per heavy atom. The Morgan fingerprint density at radius 2 is 1.81 bits per heavy atom. The van der Waals surface area contributed by atoms with E-state index >= 15 is 0 Å². The van der Waals surface area contributed by atoms with Gasteiger partial charge in [0.25, 0.3) is 10.0 Å². The molecule has 0 atom stereocenters. The maximum atomic E-state index is 12.2. The molecule has 0 bridgehead atoms. The summed E-state index contributed by atoms with van der Waals surface area (Å²) >= 11 is 0. The molecule has 142 valence electrons. The van der Waals surface area contributed by atoms with Gasteiger partial charge in [-0.15, -0.1) is 4.40 Å². The normalized spacial score (nSPS) is 20.1. The standard InChI is InChI=1S/C19H27N3O3S/c23-19(20-15-9-4-2-1-3-5-10-15)14-8-13-18-21-16-11-6-7-12-17(16)26(24,25)22-18/h6-7,11-12,15H,1-5,8-10,13-14H2,(H,20,23)(H,21,22). The first-order valence-corrected chi connectivity index (χ1v) is 11.0. The highest BCUT2D eigenvalue weighted by Crippen LogP contribution is 2.27. The number of benzene rings is 1. The van der Waals surface area contributed by atoms with E-state index < -0.39 is 10.0 Å². The molecule has 1 amide bonds. The number of amides is 1. The van der Waals surface area contributed by atoms with Gasteiger partial charge in [-0.05, 0) is 31.4 Å². The van der Waals surface area contributed by atoms with Crippen LogP contribution in [0.5, 0.6) is 0 Å². The van der Waals surface area contributed by atoms with E-state index in [-0.39, 0.29) is 10.8 Å². The van der Waals surface area contributed by atoms with Gasteiger partial charge in [0.1, 0.15) is 10.7 Å². The fourth-order valence-electron chi connectivity index (χ4n) is 3.59. The van der Waals surface area contributed by atoms with Crippen molar-refractivity contribution in [3.8, 4) is 0 Å². The fraction of sp³-hybridized carbons (Fsp3) is 0.579. The van der Waals surface area contributed by atoms with Gasteiger partial charge < -0.3 is 10.6 Å². The highest BCUT2D eigenvalue weighted by molar-refractivity contribution is 7.90. The molecule has 7 heteroatoms. The second-order valence-electron chi connectivity index (χ2n) is 7.10. The number of carbonyl (C=O) groups excluding carboxylic acids is 1. The number of hydrogen-bond acceptors (Lipinski definition) is 4. The van der Waals surface area contributed by atoms with Crippen molar-refractivity contribution in [2.45, 2.75) is 75.1 Å². The van der Waals surface area contributed by atoms with Crippen LogP contribution in [0, 0.1) is 0 Å². The Kier molecular flexibility index (Phi) is 6.29. The molecule has 1 aromatic carbocycles. The Bertz CT molecular complexity index is 766. The summed E-state index contributed by atoms with van der Waals surface area (Å²) < 4.78 is 28.2. The number of amidine groups is 1. The number of fused-ring (bicyclic) bond motifs is 1. The minimum absolute atomic E-state index is 0.0511. The number of carbonyl (C=O) groups is 1. The molecule has 2 aliphatic rings. The lowest BCUT2D eigenvalue weighted by Gasteiger charge is -2.21. The number of hydrogen-bond donors (Lipinski definition) is 2. The molecule has 1 aliphatic carbocycles. The van der Waals surface area contributed by atoms with E-state index in [0.717, 1.165) is 12.8 Å².